The van der Waals surface area contributed by atoms with Crippen LogP contribution in [0.4, 0.5) is 0 Å². The molecule has 0 saturated carbocycles. The van der Waals surface area contributed by atoms with Gasteiger partial charge in [-0.15, -0.1) is 0 Å². The number of halogens is 1. The van der Waals surface area contributed by atoms with E-state index >= 15 is 0 Å². The van der Waals surface area contributed by atoms with Crippen molar-refractivity contribution in [2.45, 2.75) is 6.54 Å². The van der Waals surface area contributed by atoms with E-state index in [-0.39, 0.29) is 0 Å². The largest absolute Gasteiger partial charge is 0.268 e. The van der Waals surface area contributed by atoms with Crippen LogP contribution in [0.25, 0.3) is 6.08 Å². The quantitative estimate of drug-likeness (QED) is 0.712. The molecule has 0 fully saturated rings. The second-order valence-corrected chi connectivity index (χ2v) is 4.26. The van der Waals surface area contributed by atoms with Crippen molar-refractivity contribution in [3.63, 3.8) is 0 Å². The minimum absolute atomic E-state index is 0.516. The second-order valence-electron chi connectivity index (χ2n) is 3.87. The van der Waals surface area contributed by atoms with Gasteiger partial charge in [0.1, 0.15) is 5.17 Å². The fraction of sp³-hybridized carbons (Fsp3) is 0.0625. The molecular formula is C16H14ClN. The highest BCUT2D eigenvalue weighted by molar-refractivity contribution is 6.68. The van der Waals surface area contributed by atoms with Gasteiger partial charge in [0.05, 0.1) is 6.54 Å². The molecule has 2 rings (SSSR count). The zero-order valence-electron chi connectivity index (χ0n) is 9.96. The molecule has 2 heteroatoms. The summed E-state index contributed by atoms with van der Waals surface area (Å²) in [6.07, 6.45) is 3.77. The van der Waals surface area contributed by atoms with Gasteiger partial charge in [-0.2, -0.15) is 0 Å². The molecule has 0 aliphatic carbocycles. The SMILES string of the molecule is ClC(/C=C/c1ccccc1)=NCc1ccccc1. The van der Waals surface area contributed by atoms with Gasteiger partial charge in [0.25, 0.3) is 0 Å². The zero-order valence-corrected chi connectivity index (χ0v) is 10.7. The van der Waals surface area contributed by atoms with E-state index in [0.29, 0.717) is 11.7 Å². The fourth-order valence-corrected chi connectivity index (χ4v) is 1.65. The van der Waals surface area contributed by atoms with Crippen molar-refractivity contribution in [1.29, 1.82) is 0 Å². The predicted octanol–water partition coefficient (Wildman–Crippen LogP) is 4.54. The Morgan fingerprint density at radius 3 is 2.22 bits per heavy atom. The van der Waals surface area contributed by atoms with Gasteiger partial charge in [-0.1, -0.05) is 78.3 Å². The molecule has 90 valence electrons. The van der Waals surface area contributed by atoms with E-state index in [1.165, 1.54) is 0 Å². The highest BCUT2D eigenvalue weighted by Gasteiger charge is 1.91. The highest BCUT2D eigenvalue weighted by atomic mass is 35.5. The van der Waals surface area contributed by atoms with Crippen molar-refractivity contribution in [3.05, 3.63) is 77.9 Å². The molecule has 0 aliphatic heterocycles. The Balaban J connectivity index is 1.96. The van der Waals surface area contributed by atoms with E-state index in [9.17, 15) is 0 Å². The maximum atomic E-state index is 6.04. The number of allylic oxidation sites excluding steroid dienone is 1. The van der Waals surface area contributed by atoms with Crippen molar-refractivity contribution in [2.24, 2.45) is 4.99 Å². The second kappa shape index (κ2) is 6.77. The van der Waals surface area contributed by atoms with Gasteiger partial charge in [0.15, 0.2) is 0 Å². The molecule has 0 bridgehead atoms. The molecule has 0 saturated heterocycles. The average Bonchev–Trinajstić information content (AvgIpc) is 2.45. The first-order valence-electron chi connectivity index (χ1n) is 5.81. The number of aliphatic imine (C=N–C) groups is 1. The Labute approximate surface area is 112 Å². The molecule has 0 radical (unpaired) electrons. The van der Waals surface area contributed by atoms with Crippen LogP contribution in [0.15, 0.2) is 71.7 Å². The summed E-state index contributed by atoms with van der Waals surface area (Å²) in [5, 5.41) is 0.516. The molecule has 0 heterocycles. The van der Waals surface area contributed by atoms with Crippen LogP contribution in [0.1, 0.15) is 11.1 Å². The van der Waals surface area contributed by atoms with E-state index in [1.54, 1.807) is 0 Å². The normalized spacial score (nSPS) is 11.9. The molecule has 1 nitrogen and oxygen atoms in total. The minimum atomic E-state index is 0.516. The van der Waals surface area contributed by atoms with Gasteiger partial charge in [0, 0.05) is 0 Å². The first-order valence-corrected chi connectivity index (χ1v) is 6.19. The van der Waals surface area contributed by atoms with Gasteiger partial charge >= 0.3 is 0 Å². The molecular weight excluding hydrogens is 242 g/mol. The Morgan fingerprint density at radius 2 is 1.56 bits per heavy atom. The van der Waals surface area contributed by atoms with Gasteiger partial charge in [0.2, 0.25) is 0 Å². The summed E-state index contributed by atoms with van der Waals surface area (Å²) in [4.78, 5) is 4.30. The van der Waals surface area contributed by atoms with Crippen molar-refractivity contribution >= 4 is 22.8 Å². The van der Waals surface area contributed by atoms with Crippen molar-refractivity contribution in [2.75, 3.05) is 0 Å². The Kier molecular flexibility index (Phi) is 4.74. The number of benzene rings is 2. The van der Waals surface area contributed by atoms with Crippen molar-refractivity contribution in [3.8, 4) is 0 Å². The van der Waals surface area contributed by atoms with Crippen LogP contribution in [0.2, 0.25) is 0 Å². The van der Waals surface area contributed by atoms with E-state index in [1.807, 2.05) is 72.8 Å². The smallest absolute Gasteiger partial charge is 0.123 e. The van der Waals surface area contributed by atoms with Crippen LogP contribution < -0.4 is 0 Å². The molecule has 18 heavy (non-hydrogen) atoms. The third-order valence-corrected chi connectivity index (χ3v) is 2.71. The lowest BCUT2D eigenvalue weighted by atomic mass is 10.2. The lowest BCUT2D eigenvalue weighted by Crippen LogP contribution is -1.85. The summed E-state index contributed by atoms with van der Waals surface area (Å²) in [6, 6.07) is 20.1. The fourth-order valence-electron chi connectivity index (χ4n) is 1.53. The number of hydrogen-bond donors (Lipinski definition) is 0. The van der Waals surface area contributed by atoms with Gasteiger partial charge in [-0.3, -0.25) is 4.99 Å². The third kappa shape index (κ3) is 4.19. The zero-order chi connectivity index (χ0) is 12.6. The maximum Gasteiger partial charge on any atom is 0.123 e. The minimum Gasteiger partial charge on any atom is -0.268 e. The molecule has 0 aromatic heterocycles. The third-order valence-electron chi connectivity index (χ3n) is 2.47. The summed E-state index contributed by atoms with van der Waals surface area (Å²) in [7, 11) is 0. The number of hydrogen-bond acceptors (Lipinski definition) is 1. The molecule has 2 aromatic rings. The van der Waals surface area contributed by atoms with Crippen LogP contribution in [0.3, 0.4) is 0 Å². The summed E-state index contributed by atoms with van der Waals surface area (Å²) in [5.74, 6) is 0. The van der Waals surface area contributed by atoms with Gasteiger partial charge in [-0.25, -0.2) is 0 Å². The number of rotatable bonds is 4. The topological polar surface area (TPSA) is 12.4 Å². The lowest BCUT2D eigenvalue weighted by molar-refractivity contribution is 1.08. The molecule has 0 unspecified atom stereocenters. The Bertz CT molecular complexity index is 530. The predicted molar refractivity (Wildman–Crippen MR) is 78.9 cm³/mol. The van der Waals surface area contributed by atoms with Crippen LogP contribution in [-0.4, -0.2) is 5.17 Å². The summed E-state index contributed by atoms with van der Waals surface area (Å²) in [5.41, 5.74) is 2.27. The highest BCUT2D eigenvalue weighted by Crippen LogP contribution is 2.05. The van der Waals surface area contributed by atoms with E-state index < -0.39 is 0 Å². The molecule has 0 atom stereocenters. The monoisotopic (exact) mass is 255 g/mol. The van der Waals surface area contributed by atoms with Crippen LogP contribution in [-0.2, 0) is 6.54 Å². The number of nitrogens with zero attached hydrogens (tertiary/aromatic N) is 1. The maximum absolute atomic E-state index is 6.04. The summed E-state index contributed by atoms with van der Waals surface area (Å²) >= 11 is 6.04. The van der Waals surface area contributed by atoms with Crippen LogP contribution in [0.5, 0.6) is 0 Å². The van der Waals surface area contributed by atoms with Crippen molar-refractivity contribution in [1.82, 2.24) is 0 Å². The first kappa shape index (κ1) is 12.6. The summed E-state index contributed by atoms with van der Waals surface area (Å²) < 4.78 is 0. The molecule has 0 aliphatic rings. The molecule has 0 amide bonds. The van der Waals surface area contributed by atoms with Crippen LogP contribution >= 0.6 is 11.6 Å². The standard InChI is InChI=1S/C16H14ClN/c17-16(12-11-14-7-3-1-4-8-14)18-13-15-9-5-2-6-10-15/h1-12H,13H2/b12-11+,18-16?. The van der Waals surface area contributed by atoms with Crippen molar-refractivity contribution < 1.29 is 0 Å². The van der Waals surface area contributed by atoms with Gasteiger partial charge < -0.3 is 0 Å². The van der Waals surface area contributed by atoms with E-state index in [4.69, 9.17) is 11.6 Å². The molecule has 2 aromatic carbocycles. The van der Waals surface area contributed by atoms with E-state index in [2.05, 4.69) is 4.99 Å². The van der Waals surface area contributed by atoms with E-state index in [0.717, 1.165) is 11.1 Å². The Morgan fingerprint density at radius 1 is 0.944 bits per heavy atom. The van der Waals surface area contributed by atoms with Crippen LogP contribution in [0, 0.1) is 0 Å². The first-order chi connectivity index (χ1) is 8.84. The van der Waals surface area contributed by atoms with Gasteiger partial charge in [-0.05, 0) is 17.2 Å². The molecule has 0 N–H and O–H groups in total. The molecule has 0 spiro atoms. The summed E-state index contributed by atoms with van der Waals surface area (Å²) in [6.45, 7) is 0.610. The Hall–Kier alpha value is -1.86. The lowest BCUT2D eigenvalue weighted by Gasteiger charge is -1.95. The average molecular weight is 256 g/mol.